The lowest BCUT2D eigenvalue weighted by Crippen LogP contribution is -2.31. The van der Waals surface area contributed by atoms with E-state index < -0.39 is 0 Å². The van der Waals surface area contributed by atoms with Crippen LogP contribution in [0.5, 0.6) is 0 Å². The van der Waals surface area contributed by atoms with Gasteiger partial charge in [0.2, 0.25) is 5.91 Å². The molecule has 1 atom stereocenters. The van der Waals surface area contributed by atoms with E-state index in [4.69, 9.17) is 0 Å². The average molecular weight is 387 g/mol. The predicted molar refractivity (Wildman–Crippen MR) is 108 cm³/mol. The largest absolute Gasteiger partial charge is 0.332 e. The molecule has 4 aromatic rings. The van der Waals surface area contributed by atoms with Crippen LogP contribution >= 0.6 is 0 Å². The van der Waals surface area contributed by atoms with Gasteiger partial charge in [-0.2, -0.15) is 10.2 Å². The molecular formula is C21H21N7O. The number of carbonyl (C=O) groups is 1. The second-order valence-corrected chi connectivity index (χ2v) is 7.20. The van der Waals surface area contributed by atoms with E-state index in [9.17, 15) is 4.79 Å². The van der Waals surface area contributed by atoms with Gasteiger partial charge in [-0.1, -0.05) is 18.2 Å². The molecule has 0 saturated carbocycles. The summed E-state index contributed by atoms with van der Waals surface area (Å²) in [5, 5.41) is 12.9. The zero-order valence-corrected chi connectivity index (χ0v) is 15.9. The van der Waals surface area contributed by atoms with Gasteiger partial charge in [-0.05, 0) is 31.0 Å². The maximum atomic E-state index is 13.0. The zero-order chi connectivity index (χ0) is 19.6. The van der Waals surface area contributed by atoms with Crippen LogP contribution in [0.4, 0.5) is 0 Å². The fourth-order valence-electron chi connectivity index (χ4n) is 3.95. The van der Waals surface area contributed by atoms with Gasteiger partial charge >= 0.3 is 0 Å². The molecule has 0 bridgehead atoms. The Hall–Kier alpha value is -3.55. The quantitative estimate of drug-likeness (QED) is 0.568. The van der Waals surface area contributed by atoms with Gasteiger partial charge in [0.1, 0.15) is 5.82 Å². The second-order valence-electron chi connectivity index (χ2n) is 7.20. The number of hydrogen-bond acceptors (Lipinski definition) is 5. The van der Waals surface area contributed by atoms with Crippen molar-refractivity contribution in [1.29, 1.82) is 0 Å². The number of hydrogen-bond donors (Lipinski definition) is 1. The number of aromatic amines is 1. The maximum Gasteiger partial charge on any atom is 0.225 e. The van der Waals surface area contributed by atoms with Crippen molar-refractivity contribution in [3.8, 4) is 11.4 Å². The van der Waals surface area contributed by atoms with Crippen molar-refractivity contribution in [3.63, 3.8) is 0 Å². The number of likely N-dealkylation sites (tertiary alicyclic amines) is 1. The van der Waals surface area contributed by atoms with Crippen LogP contribution < -0.4 is 0 Å². The fourth-order valence-corrected chi connectivity index (χ4v) is 3.95. The molecule has 1 aliphatic heterocycles. The van der Waals surface area contributed by atoms with Crippen molar-refractivity contribution in [1.82, 2.24) is 34.8 Å². The lowest BCUT2D eigenvalue weighted by molar-refractivity contribution is -0.132. The normalized spacial score (nSPS) is 16.6. The highest BCUT2D eigenvalue weighted by Gasteiger charge is 2.32. The summed E-state index contributed by atoms with van der Waals surface area (Å²) < 4.78 is 1.90. The Bertz CT molecular complexity index is 1130. The van der Waals surface area contributed by atoms with Gasteiger partial charge in [-0.25, -0.2) is 4.98 Å². The van der Waals surface area contributed by atoms with Crippen LogP contribution in [0.1, 0.15) is 31.1 Å². The number of aromatic nitrogens is 6. The van der Waals surface area contributed by atoms with Crippen LogP contribution in [0, 0.1) is 0 Å². The maximum absolute atomic E-state index is 13.0. The number of amides is 1. The van der Waals surface area contributed by atoms with Crippen molar-refractivity contribution in [3.05, 3.63) is 60.8 Å². The molecule has 0 spiro atoms. The smallest absolute Gasteiger partial charge is 0.225 e. The summed E-state index contributed by atoms with van der Waals surface area (Å²) in [5.41, 5.74) is 1.96. The number of para-hydroxylation sites is 1. The molecule has 3 aromatic heterocycles. The molecule has 8 nitrogen and oxygen atoms in total. The Morgan fingerprint density at radius 2 is 2.03 bits per heavy atom. The van der Waals surface area contributed by atoms with Crippen LogP contribution in [0.2, 0.25) is 0 Å². The third-order valence-corrected chi connectivity index (χ3v) is 5.42. The first-order valence-electron chi connectivity index (χ1n) is 9.82. The summed E-state index contributed by atoms with van der Waals surface area (Å²) in [4.78, 5) is 23.5. The number of H-pyrrole nitrogens is 1. The van der Waals surface area contributed by atoms with Crippen LogP contribution in [-0.2, 0) is 11.3 Å². The molecule has 29 heavy (non-hydrogen) atoms. The summed E-state index contributed by atoms with van der Waals surface area (Å²) in [6.07, 6.45) is 7.54. The van der Waals surface area contributed by atoms with Gasteiger partial charge < -0.3 is 4.90 Å². The number of aryl methyl sites for hydroxylation is 1. The van der Waals surface area contributed by atoms with E-state index in [2.05, 4.69) is 25.3 Å². The highest BCUT2D eigenvalue weighted by molar-refractivity contribution is 5.79. The number of benzene rings is 1. The van der Waals surface area contributed by atoms with Gasteiger partial charge in [0.15, 0.2) is 5.82 Å². The van der Waals surface area contributed by atoms with Crippen LogP contribution in [0.3, 0.4) is 0 Å². The van der Waals surface area contributed by atoms with Crippen molar-refractivity contribution < 1.29 is 4.79 Å². The molecular weight excluding hydrogens is 366 g/mol. The number of nitrogens with zero attached hydrogens (tertiary/aromatic N) is 6. The summed E-state index contributed by atoms with van der Waals surface area (Å²) in [6.45, 7) is 1.31. The highest BCUT2D eigenvalue weighted by atomic mass is 16.2. The van der Waals surface area contributed by atoms with Crippen molar-refractivity contribution in [2.75, 3.05) is 6.54 Å². The van der Waals surface area contributed by atoms with E-state index >= 15 is 0 Å². The Balaban J connectivity index is 1.29. The Morgan fingerprint density at radius 3 is 2.93 bits per heavy atom. The average Bonchev–Trinajstić information content (AvgIpc) is 3.51. The van der Waals surface area contributed by atoms with Crippen LogP contribution in [0.25, 0.3) is 22.3 Å². The third-order valence-electron chi connectivity index (χ3n) is 5.42. The summed E-state index contributed by atoms with van der Waals surface area (Å²) >= 11 is 0. The number of carbonyl (C=O) groups excluding carboxylic acids is 1. The molecule has 1 saturated heterocycles. The summed E-state index contributed by atoms with van der Waals surface area (Å²) in [7, 11) is 0. The Labute approximate surface area is 167 Å². The molecule has 146 valence electrons. The van der Waals surface area contributed by atoms with E-state index in [0.29, 0.717) is 18.8 Å². The van der Waals surface area contributed by atoms with Crippen LogP contribution in [0.15, 0.2) is 55.0 Å². The zero-order valence-electron chi connectivity index (χ0n) is 15.9. The number of pyridine rings is 1. The molecule has 1 amide bonds. The molecule has 0 aliphatic carbocycles. The second kappa shape index (κ2) is 7.46. The predicted octanol–water partition coefficient (Wildman–Crippen LogP) is 2.97. The van der Waals surface area contributed by atoms with E-state index in [-0.39, 0.29) is 11.9 Å². The summed E-state index contributed by atoms with van der Waals surface area (Å²) in [6, 6.07) is 11.7. The van der Waals surface area contributed by atoms with Gasteiger partial charge in [0.25, 0.3) is 0 Å². The molecule has 5 rings (SSSR count). The fraction of sp³-hybridized carbons (Fsp3) is 0.286. The molecule has 4 heterocycles. The summed E-state index contributed by atoms with van der Waals surface area (Å²) in [5.74, 6) is 1.49. The minimum Gasteiger partial charge on any atom is -0.332 e. The molecule has 1 fully saturated rings. The molecule has 1 aromatic carbocycles. The van der Waals surface area contributed by atoms with Crippen molar-refractivity contribution in [2.24, 2.45) is 0 Å². The molecule has 0 radical (unpaired) electrons. The first kappa shape index (κ1) is 17.5. The standard InChI is InChI=1S/C21H21N7O/c29-19(9-13-28-17-5-2-1-4-16(17)14-23-28)27-12-3-6-18(27)21-24-20(25-26-21)15-7-10-22-11-8-15/h1-2,4-5,7-8,10-11,14,18H,3,6,9,12-13H2,(H,24,25,26). The molecule has 1 aliphatic rings. The SMILES string of the molecule is O=C(CCn1ncc2ccccc21)N1CCCC1c1nc(-c2ccncc2)n[nH]1. The Morgan fingerprint density at radius 1 is 1.17 bits per heavy atom. The van der Waals surface area contributed by atoms with Crippen molar-refractivity contribution in [2.45, 2.75) is 31.8 Å². The van der Waals surface area contributed by atoms with E-state index in [1.54, 1.807) is 12.4 Å². The molecule has 8 heteroatoms. The van der Waals surface area contributed by atoms with Gasteiger partial charge in [0, 0.05) is 36.3 Å². The minimum atomic E-state index is -0.0556. The minimum absolute atomic E-state index is 0.0556. The third kappa shape index (κ3) is 3.37. The van der Waals surface area contributed by atoms with Crippen LogP contribution in [-0.4, -0.2) is 47.3 Å². The number of fused-ring (bicyclic) bond motifs is 1. The first-order valence-corrected chi connectivity index (χ1v) is 9.82. The first-order chi connectivity index (χ1) is 14.3. The van der Waals surface area contributed by atoms with Gasteiger partial charge in [-0.15, -0.1) is 0 Å². The molecule has 1 unspecified atom stereocenters. The lowest BCUT2D eigenvalue weighted by atomic mass is 10.2. The number of nitrogens with one attached hydrogen (secondary N) is 1. The Kier molecular flexibility index (Phi) is 4.51. The van der Waals surface area contributed by atoms with E-state index in [1.165, 1.54) is 0 Å². The highest BCUT2D eigenvalue weighted by Crippen LogP contribution is 2.31. The topological polar surface area (TPSA) is 92.6 Å². The van der Waals surface area contributed by atoms with E-state index in [0.717, 1.165) is 41.7 Å². The van der Waals surface area contributed by atoms with Gasteiger partial charge in [0.05, 0.1) is 24.3 Å². The lowest BCUT2D eigenvalue weighted by Gasteiger charge is -2.23. The number of rotatable bonds is 5. The van der Waals surface area contributed by atoms with Gasteiger partial charge in [-0.3, -0.25) is 19.6 Å². The van der Waals surface area contributed by atoms with E-state index in [1.807, 2.05) is 52.2 Å². The van der Waals surface area contributed by atoms with Crippen molar-refractivity contribution >= 4 is 16.8 Å². The molecule has 1 N–H and O–H groups in total. The monoisotopic (exact) mass is 387 g/mol.